The number of ether oxygens (including phenoxy) is 1. The second-order valence-corrected chi connectivity index (χ2v) is 6.13. The molecule has 2 aromatic rings. The van der Waals surface area contributed by atoms with E-state index < -0.39 is 6.10 Å². The zero-order valence-corrected chi connectivity index (χ0v) is 14.8. The van der Waals surface area contributed by atoms with Crippen molar-refractivity contribution < 1.29 is 14.6 Å². The van der Waals surface area contributed by atoms with E-state index in [1.54, 1.807) is 24.7 Å². The van der Waals surface area contributed by atoms with Crippen LogP contribution in [0.1, 0.15) is 47.3 Å². The molecule has 0 aliphatic heterocycles. The number of hydrogen-bond acceptors (Lipinski definition) is 4. The predicted molar refractivity (Wildman–Crippen MR) is 92.2 cm³/mol. The molecule has 0 aliphatic rings. The second kappa shape index (κ2) is 7.49. The van der Waals surface area contributed by atoms with E-state index in [0.29, 0.717) is 22.6 Å². The van der Waals surface area contributed by atoms with Gasteiger partial charge >= 0.3 is 0 Å². The van der Waals surface area contributed by atoms with Crippen molar-refractivity contribution in [3.63, 3.8) is 0 Å². The molecular formula is C18H25N3O3. The maximum absolute atomic E-state index is 12.3. The van der Waals surface area contributed by atoms with E-state index in [1.807, 2.05) is 39.0 Å². The molecule has 1 amide bonds. The molecular weight excluding hydrogens is 306 g/mol. The summed E-state index contributed by atoms with van der Waals surface area (Å²) < 4.78 is 7.30. The molecule has 130 valence electrons. The van der Waals surface area contributed by atoms with Gasteiger partial charge in [0.1, 0.15) is 5.75 Å². The van der Waals surface area contributed by atoms with Gasteiger partial charge in [-0.3, -0.25) is 9.48 Å². The van der Waals surface area contributed by atoms with E-state index in [1.165, 1.54) is 0 Å². The number of aromatic nitrogens is 2. The smallest absolute Gasteiger partial charge is 0.255 e. The monoisotopic (exact) mass is 331 g/mol. The van der Waals surface area contributed by atoms with Crippen LogP contribution in [-0.4, -0.2) is 33.4 Å². The van der Waals surface area contributed by atoms with Gasteiger partial charge in [-0.2, -0.15) is 5.10 Å². The average molecular weight is 331 g/mol. The van der Waals surface area contributed by atoms with Crippen LogP contribution in [0.2, 0.25) is 0 Å². The molecule has 24 heavy (non-hydrogen) atoms. The van der Waals surface area contributed by atoms with Crippen LogP contribution in [0.3, 0.4) is 0 Å². The van der Waals surface area contributed by atoms with Crippen molar-refractivity contribution in [2.45, 2.75) is 39.9 Å². The van der Waals surface area contributed by atoms with Crippen LogP contribution < -0.4 is 10.1 Å². The lowest BCUT2D eigenvalue weighted by Crippen LogP contribution is -2.29. The first-order valence-electron chi connectivity index (χ1n) is 8.02. The summed E-state index contributed by atoms with van der Waals surface area (Å²) in [5.74, 6) is 0.471. The number of benzene rings is 1. The number of hydrogen-bond donors (Lipinski definition) is 2. The zero-order chi connectivity index (χ0) is 17.9. The van der Waals surface area contributed by atoms with E-state index in [2.05, 4.69) is 10.4 Å². The van der Waals surface area contributed by atoms with E-state index in [9.17, 15) is 9.90 Å². The molecule has 0 radical (unpaired) electrons. The van der Waals surface area contributed by atoms with Gasteiger partial charge in [-0.1, -0.05) is 12.1 Å². The third kappa shape index (κ3) is 4.14. The summed E-state index contributed by atoms with van der Waals surface area (Å²) in [7, 11) is 1.80. The van der Waals surface area contributed by atoms with E-state index >= 15 is 0 Å². The Hall–Kier alpha value is -2.34. The van der Waals surface area contributed by atoms with Gasteiger partial charge < -0.3 is 15.2 Å². The highest BCUT2D eigenvalue weighted by Gasteiger charge is 2.18. The molecule has 1 aromatic heterocycles. The van der Waals surface area contributed by atoms with Gasteiger partial charge in [-0.15, -0.1) is 0 Å². The molecule has 2 rings (SSSR count). The third-order valence-electron chi connectivity index (χ3n) is 3.81. The molecule has 0 saturated carbocycles. The molecule has 0 saturated heterocycles. The molecule has 6 heteroatoms. The number of amides is 1. The molecule has 0 spiro atoms. The highest BCUT2D eigenvalue weighted by molar-refractivity contribution is 5.96. The number of carbonyl (C=O) groups is 1. The van der Waals surface area contributed by atoms with Crippen molar-refractivity contribution in [3.05, 3.63) is 46.8 Å². The van der Waals surface area contributed by atoms with Crippen molar-refractivity contribution in [2.24, 2.45) is 7.05 Å². The molecule has 1 atom stereocenters. The van der Waals surface area contributed by atoms with Crippen LogP contribution >= 0.6 is 0 Å². The first kappa shape index (κ1) is 18.0. The second-order valence-electron chi connectivity index (χ2n) is 6.13. The third-order valence-corrected chi connectivity index (χ3v) is 3.81. The number of aliphatic hydroxyl groups excluding tert-OH is 1. The summed E-state index contributed by atoms with van der Waals surface area (Å²) in [5, 5.41) is 17.3. The number of aliphatic hydroxyl groups is 1. The summed E-state index contributed by atoms with van der Waals surface area (Å²) in [4.78, 5) is 12.3. The Morgan fingerprint density at radius 2 is 2.08 bits per heavy atom. The average Bonchev–Trinajstić information content (AvgIpc) is 2.77. The van der Waals surface area contributed by atoms with Gasteiger partial charge in [0.2, 0.25) is 0 Å². The number of aryl methyl sites for hydroxylation is 2. The van der Waals surface area contributed by atoms with Crippen LogP contribution in [0.25, 0.3) is 0 Å². The highest BCUT2D eigenvalue weighted by Crippen LogP contribution is 2.20. The maximum Gasteiger partial charge on any atom is 0.255 e. The van der Waals surface area contributed by atoms with Crippen molar-refractivity contribution in [3.8, 4) is 5.75 Å². The minimum absolute atomic E-state index is 0.0635. The van der Waals surface area contributed by atoms with Crippen LogP contribution in [0, 0.1) is 13.8 Å². The number of nitrogens with zero attached hydrogens (tertiary/aromatic N) is 2. The Kier molecular flexibility index (Phi) is 5.62. The number of rotatable bonds is 6. The Balaban J connectivity index is 2.02. The fourth-order valence-corrected chi connectivity index (χ4v) is 2.57. The summed E-state index contributed by atoms with van der Waals surface area (Å²) >= 11 is 0. The topological polar surface area (TPSA) is 76.4 Å². The standard InChI is InChI=1S/C18H25N3O3/c1-11(2)24-15-8-6-7-14(9-15)16(22)10-19-18(23)17-12(3)20-21(5)13(17)4/h6-9,11,16,22H,10H2,1-5H3,(H,19,23). The minimum atomic E-state index is -0.804. The summed E-state index contributed by atoms with van der Waals surface area (Å²) in [6, 6.07) is 7.27. The Morgan fingerprint density at radius 1 is 1.38 bits per heavy atom. The molecule has 1 aromatic carbocycles. The fourth-order valence-electron chi connectivity index (χ4n) is 2.57. The molecule has 0 bridgehead atoms. The van der Waals surface area contributed by atoms with Crippen LogP contribution in [0.15, 0.2) is 24.3 Å². The van der Waals surface area contributed by atoms with Crippen molar-refractivity contribution in [1.82, 2.24) is 15.1 Å². The van der Waals surface area contributed by atoms with Crippen molar-refractivity contribution >= 4 is 5.91 Å². The Bertz CT molecular complexity index is 722. The zero-order valence-electron chi connectivity index (χ0n) is 14.8. The molecule has 2 N–H and O–H groups in total. The highest BCUT2D eigenvalue weighted by atomic mass is 16.5. The summed E-state index contributed by atoms with van der Waals surface area (Å²) in [6.45, 7) is 7.66. The molecule has 1 heterocycles. The van der Waals surface area contributed by atoms with Crippen LogP contribution in [-0.2, 0) is 7.05 Å². The predicted octanol–water partition coefficient (Wildman–Crippen LogP) is 2.29. The quantitative estimate of drug-likeness (QED) is 0.851. The SMILES string of the molecule is Cc1nn(C)c(C)c1C(=O)NCC(O)c1cccc(OC(C)C)c1. The van der Waals surface area contributed by atoms with Crippen LogP contribution in [0.4, 0.5) is 0 Å². The van der Waals surface area contributed by atoms with Crippen LogP contribution in [0.5, 0.6) is 5.75 Å². The number of nitrogens with one attached hydrogen (secondary N) is 1. The van der Waals surface area contributed by atoms with Crippen molar-refractivity contribution in [2.75, 3.05) is 6.54 Å². The first-order chi connectivity index (χ1) is 11.3. The fraction of sp³-hybridized carbons (Fsp3) is 0.444. The van der Waals surface area contributed by atoms with E-state index in [-0.39, 0.29) is 18.6 Å². The Morgan fingerprint density at radius 3 is 2.67 bits per heavy atom. The normalized spacial score (nSPS) is 12.3. The molecule has 6 nitrogen and oxygen atoms in total. The minimum Gasteiger partial charge on any atom is -0.491 e. The molecule has 0 fully saturated rings. The molecule has 1 unspecified atom stereocenters. The number of carbonyl (C=O) groups excluding carboxylic acids is 1. The van der Waals surface area contributed by atoms with Gasteiger partial charge in [0.05, 0.1) is 23.5 Å². The van der Waals surface area contributed by atoms with Gasteiger partial charge in [-0.05, 0) is 45.4 Å². The summed E-state index contributed by atoms with van der Waals surface area (Å²) in [6.07, 6.45) is -0.740. The van der Waals surface area contributed by atoms with Crippen molar-refractivity contribution in [1.29, 1.82) is 0 Å². The first-order valence-corrected chi connectivity index (χ1v) is 8.02. The Labute approximate surface area is 142 Å². The van der Waals surface area contributed by atoms with E-state index in [4.69, 9.17) is 4.74 Å². The lowest BCUT2D eigenvalue weighted by Gasteiger charge is -2.15. The lowest BCUT2D eigenvalue weighted by molar-refractivity contribution is 0.0915. The van der Waals surface area contributed by atoms with Gasteiger partial charge in [0, 0.05) is 19.3 Å². The van der Waals surface area contributed by atoms with E-state index in [0.717, 1.165) is 5.69 Å². The summed E-state index contributed by atoms with van der Waals surface area (Å²) in [5.41, 5.74) is 2.73. The van der Waals surface area contributed by atoms with Gasteiger partial charge in [-0.25, -0.2) is 0 Å². The van der Waals surface area contributed by atoms with Gasteiger partial charge in [0.15, 0.2) is 0 Å². The lowest BCUT2D eigenvalue weighted by atomic mass is 10.1. The maximum atomic E-state index is 12.3. The van der Waals surface area contributed by atoms with Gasteiger partial charge in [0.25, 0.3) is 5.91 Å². The largest absolute Gasteiger partial charge is 0.491 e. The molecule has 0 aliphatic carbocycles.